The third-order valence-corrected chi connectivity index (χ3v) is 6.10. The van der Waals surface area contributed by atoms with Crippen LogP contribution in [0.25, 0.3) is 10.1 Å². The molecule has 0 spiro atoms. The molecular weight excluding hydrogens is 295 g/mol. The molecule has 0 saturated carbocycles. The summed E-state index contributed by atoms with van der Waals surface area (Å²) in [5, 5.41) is 10.2. The lowest BCUT2D eigenvalue weighted by Crippen LogP contribution is -2.07. The zero-order valence-electron chi connectivity index (χ0n) is 11.6. The van der Waals surface area contributed by atoms with Crippen LogP contribution in [0.4, 0.5) is 4.39 Å². The van der Waals surface area contributed by atoms with Gasteiger partial charge in [0.2, 0.25) is 0 Å². The van der Waals surface area contributed by atoms with E-state index in [1.165, 1.54) is 6.07 Å². The van der Waals surface area contributed by atoms with E-state index < -0.39 is 5.97 Å². The molecule has 108 valence electrons. The molecule has 2 nitrogen and oxygen atoms in total. The molecule has 0 aliphatic carbocycles. The van der Waals surface area contributed by atoms with Crippen molar-refractivity contribution in [2.24, 2.45) is 5.92 Å². The van der Waals surface area contributed by atoms with Gasteiger partial charge in [-0.1, -0.05) is 26.8 Å². The van der Waals surface area contributed by atoms with Gasteiger partial charge >= 0.3 is 5.97 Å². The predicted octanol–water partition coefficient (Wildman–Crippen LogP) is 5.02. The van der Waals surface area contributed by atoms with E-state index >= 15 is 0 Å². The normalized spacial score (nSPS) is 13.1. The largest absolute Gasteiger partial charge is 0.477 e. The van der Waals surface area contributed by atoms with Crippen LogP contribution in [0.3, 0.4) is 0 Å². The summed E-state index contributed by atoms with van der Waals surface area (Å²) in [5.41, 5.74) is 0.619. The zero-order chi connectivity index (χ0) is 14.9. The van der Waals surface area contributed by atoms with Crippen LogP contribution in [-0.4, -0.2) is 16.3 Å². The summed E-state index contributed by atoms with van der Waals surface area (Å²) < 4.78 is 14.7. The number of carboxylic acid groups (broad SMARTS) is 1. The van der Waals surface area contributed by atoms with Gasteiger partial charge in [0.25, 0.3) is 0 Å². The van der Waals surface area contributed by atoms with E-state index in [-0.39, 0.29) is 10.7 Å². The molecular formula is C15H17FO2S2. The van der Waals surface area contributed by atoms with Crippen LogP contribution in [-0.2, 0) is 5.75 Å². The van der Waals surface area contributed by atoms with Gasteiger partial charge in [0.1, 0.15) is 10.7 Å². The molecule has 0 aliphatic rings. The number of carboxylic acids is 1. The summed E-state index contributed by atoms with van der Waals surface area (Å²) in [4.78, 5) is 11.6. The van der Waals surface area contributed by atoms with Crippen LogP contribution in [0.5, 0.6) is 0 Å². The highest BCUT2D eigenvalue weighted by atomic mass is 32.2. The Balaban J connectivity index is 2.43. The van der Waals surface area contributed by atoms with Crippen LogP contribution in [0.2, 0.25) is 0 Å². The first-order chi connectivity index (χ1) is 9.41. The number of halogens is 1. The summed E-state index contributed by atoms with van der Waals surface area (Å²) in [6, 6.07) is 4.78. The number of thiophene rings is 1. The summed E-state index contributed by atoms with van der Waals surface area (Å²) in [6.45, 7) is 6.37. The fourth-order valence-electron chi connectivity index (χ4n) is 1.89. The monoisotopic (exact) mass is 312 g/mol. The lowest BCUT2D eigenvalue weighted by molar-refractivity contribution is 0.0701. The first kappa shape index (κ1) is 15.3. The van der Waals surface area contributed by atoms with Gasteiger partial charge in [-0.15, -0.1) is 11.3 Å². The second-order valence-corrected chi connectivity index (χ2v) is 7.51. The topological polar surface area (TPSA) is 37.3 Å². The van der Waals surface area contributed by atoms with Crippen molar-refractivity contribution < 1.29 is 14.3 Å². The highest BCUT2D eigenvalue weighted by molar-refractivity contribution is 7.99. The Bertz CT molecular complexity index is 634. The average Bonchev–Trinajstić information content (AvgIpc) is 2.76. The molecule has 1 N–H and O–H groups in total. The molecule has 0 aliphatic heterocycles. The fourth-order valence-corrected chi connectivity index (χ4v) is 4.15. The van der Waals surface area contributed by atoms with Crippen molar-refractivity contribution in [2.45, 2.75) is 31.8 Å². The van der Waals surface area contributed by atoms with Gasteiger partial charge in [0, 0.05) is 21.1 Å². The summed E-state index contributed by atoms with van der Waals surface area (Å²) in [7, 11) is 0. The maximum Gasteiger partial charge on any atom is 0.346 e. The number of carbonyl (C=O) groups is 1. The first-order valence-electron chi connectivity index (χ1n) is 6.46. The first-order valence-corrected chi connectivity index (χ1v) is 8.33. The average molecular weight is 312 g/mol. The smallest absolute Gasteiger partial charge is 0.346 e. The molecule has 1 heterocycles. The Morgan fingerprint density at radius 3 is 2.70 bits per heavy atom. The number of hydrogen-bond acceptors (Lipinski definition) is 3. The van der Waals surface area contributed by atoms with Crippen molar-refractivity contribution in [3.8, 4) is 0 Å². The maximum absolute atomic E-state index is 14.0. The van der Waals surface area contributed by atoms with Crippen LogP contribution in [0, 0.1) is 11.7 Å². The third-order valence-electron chi connectivity index (χ3n) is 3.39. The second-order valence-electron chi connectivity index (χ2n) is 5.09. The van der Waals surface area contributed by atoms with Crippen molar-refractivity contribution in [1.82, 2.24) is 0 Å². The van der Waals surface area contributed by atoms with Crippen molar-refractivity contribution >= 4 is 39.2 Å². The number of hydrogen-bond donors (Lipinski definition) is 1. The Kier molecular flexibility index (Phi) is 4.70. The molecule has 0 fully saturated rings. The molecule has 5 heteroatoms. The van der Waals surface area contributed by atoms with Gasteiger partial charge in [-0.05, 0) is 23.6 Å². The molecule has 1 aromatic carbocycles. The Morgan fingerprint density at radius 1 is 1.40 bits per heavy atom. The quantitative estimate of drug-likeness (QED) is 0.842. The molecule has 2 rings (SSSR count). The van der Waals surface area contributed by atoms with Crippen molar-refractivity contribution in [3.63, 3.8) is 0 Å². The van der Waals surface area contributed by atoms with Crippen LogP contribution in [0.15, 0.2) is 18.2 Å². The van der Waals surface area contributed by atoms with Gasteiger partial charge in [0.05, 0.1) is 0 Å². The van der Waals surface area contributed by atoms with E-state index in [0.717, 1.165) is 11.3 Å². The highest BCUT2D eigenvalue weighted by Crippen LogP contribution is 2.37. The minimum absolute atomic E-state index is 0.258. The molecule has 2 aromatic rings. The van der Waals surface area contributed by atoms with Gasteiger partial charge in [-0.2, -0.15) is 11.8 Å². The van der Waals surface area contributed by atoms with Gasteiger partial charge in [0.15, 0.2) is 0 Å². The van der Waals surface area contributed by atoms with E-state index in [9.17, 15) is 14.3 Å². The zero-order valence-corrected chi connectivity index (χ0v) is 13.3. The molecule has 0 radical (unpaired) electrons. The lowest BCUT2D eigenvalue weighted by atomic mass is 10.1. The van der Waals surface area contributed by atoms with E-state index in [2.05, 4.69) is 20.8 Å². The van der Waals surface area contributed by atoms with E-state index in [1.807, 2.05) is 0 Å². The number of thioether (sulfide) groups is 1. The Labute approximate surface area is 126 Å². The molecule has 1 aromatic heterocycles. The number of aromatic carboxylic acids is 1. The van der Waals surface area contributed by atoms with Gasteiger partial charge < -0.3 is 5.11 Å². The molecule has 0 amide bonds. The highest BCUT2D eigenvalue weighted by Gasteiger charge is 2.21. The molecule has 0 saturated heterocycles. The molecule has 20 heavy (non-hydrogen) atoms. The van der Waals surface area contributed by atoms with E-state index in [1.54, 1.807) is 23.9 Å². The van der Waals surface area contributed by atoms with Crippen LogP contribution < -0.4 is 0 Å². The van der Waals surface area contributed by atoms with E-state index in [0.29, 0.717) is 32.6 Å². The number of fused-ring (bicyclic) bond motifs is 1. The maximum atomic E-state index is 14.0. The second kappa shape index (κ2) is 6.14. The van der Waals surface area contributed by atoms with E-state index in [4.69, 9.17) is 0 Å². The summed E-state index contributed by atoms with van der Waals surface area (Å²) in [6.07, 6.45) is 0. The molecule has 1 atom stereocenters. The van der Waals surface area contributed by atoms with Crippen molar-refractivity contribution in [2.75, 3.05) is 0 Å². The molecule has 1 unspecified atom stereocenters. The van der Waals surface area contributed by atoms with Crippen molar-refractivity contribution in [3.05, 3.63) is 34.5 Å². The number of benzene rings is 1. The third kappa shape index (κ3) is 2.99. The Hall–Kier alpha value is -1.07. The van der Waals surface area contributed by atoms with Gasteiger partial charge in [-0.25, -0.2) is 9.18 Å². The van der Waals surface area contributed by atoms with Crippen molar-refractivity contribution in [1.29, 1.82) is 0 Å². The van der Waals surface area contributed by atoms with Gasteiger partial charge in [-0.3, -0.25) is 0 Å². The SMILES string of the molecule is CC(C)C(C)SCc1c(C(=O)O)sc2cccc(F)c12. The minimum Gasteiger partial charge on any atom is -0.477 e. The lowest BCUT2D eigenvalue weighted by Gasteiger charge is -2.15. The van der Waals surface area contributed by atoms with Crippen LogP contribution in [0.1, 0.15) is 36.0 Å². The summed E-state index contributed by atoms with van der Waals surface area (Å²) in [5.74, 6) is -0.275. The summed E-state index contributed by atoms with van der Waals surface area (Å²) >= 11 is 2.83. The molecule has 0 bridgehead atoms. The van der Waals surface area contributed by atoms with Crippen LogP contribution >= 0.6 is 23.1 Å². The Morgan fingerprint density at radius 2 is 2.10 bits per heavy atom. The standard InChI is InChI=1S/C15H17FO2S2/c1-8(2)9(3)19-7-10-13-11(16)5-4-6-12(13)20-14(10)15(17)18/h4-6,8-9H,7H2,1-3H3,(H,17,18). The fraction of sp³-hybridized carbons (Fsp3) is 0.400. The minimum atomic E-state index is -0.974. The number of rotatable bonds is 5. The predicted molar refractivity (Wildman–Crippen MR) is 84.3 cm³/mol.